The van der Waals surface area contributed by atoms with Gasteiger partial charge in [0.05, 0.1) is 26.7 Å². The maximum Gasteiger partial charge on any atom is 0.309 e. The summed E-state index contributed by atoms with van der Waals surface area (Å²) in [6, 6.07) is 5.90. The third-order valence-corrected chi connectivity index (χ3v) is 4.16. The lowest BCUT2D eigenvalue weighted by atomic mass is 9.89. The van der Waals surface area contributed by atoms with E-state index in [2.05, 4.69) is 0 Å². The largest absolute Gasteiger partial charge is 0.497 e. The summed E-state index contributed by atoms with van der Waals surface area (Å²) in [6.07, 6.45) is 3.96. The van der Waals surface area contributed by atoms with Crippen LogP contribution in [0.4, 0.5) is 0 Å². The van der Waals surface area contributed by atoms with Gasteiger partial charge in [0.25, 0.3) is 0 Å². The second-order valence-corrected chi connectivity index (χ2v) is 5.47. The Kier molecular flexibility index (Phi) is 5.48. The molecule has 4 heteroatoms. The Hall–Kier alpha value is -1.71. The van der Waals surface area contributed by atoms with Gasteiger partial charge in [-0.15, -0.1) is 0 Å². The lowest BCUT2D eigenvalue weighted by Crippen LogP contribution is -2.23. The second-order valence-electron chi connectivity index (χ2n) is 5.47. The normalized spacial score (nSPS) is 21.1. The molecule has 0 unspecified atom stereocenters. The number of methoxy groups -OCH3 is 2. The van der Waals surface area contributed by atoms with Crippen LogP contribution >= 0.6 is 0 Å². The first-order chi connectivity index (χ1) is 10.2. The summed E-state index contributed by atoms with van der Waals surface area (Å²) in [7, 11) is 3.30. The molecule has 0 aliphatic heterocycles. The van der Waals surface area contributed by atoms with Gasteiger partial charge in [0.1, 0.15) is 11.5 Å². The van der Waals surface area contributed by atoms with Gasteiger partial charge in [0, 0.05) is 6.07 Å². The molecule has 1 saturated carbocycles. The van der Waals surface area contributed by atoms with Crippen molar-refractivity contribution >= 4 is 5.97 Å². The van der Waals surface area contributed by atoms with Crippen LogP contribution < -0.4 is 9.47 Å². The number of hydrogen-bond donors (Lipinski definition) is 0. The zero-order valence-electron chi connectivity index (χ0n) is 13.1. The van der Waals surface area contributed by atoms with Crippen molar-refractivity contribution in [3.05, 3.63) is 23.8 Å². The molecule has 1 aliphatic carbocycles. The summed E-state index contributed by atoms with van der Waals surface area (Å²) in [4.78, 5) is 12.0. The fraction of sp³-hybridized carbons (Fsp3) is 0.588. The summed E-state index contributed by atoms with van der Waals surface area (Å²) < 4.78 is 15.8. The van der Waals surface area contributed by atoms with Gasteiger partial charge in [-0.25, -0.2) is 0 Å². The molecule has 0 N–H and O–H groups in total. The van der Waals surface area contributed by atoms with Crippen molar-refractivity contribution in [2.24, 2.45) is 11.8 Å². The van der Waals surface area contributed by atoms with Crippen molar-refractivity contribution in [3.63, 3.8) is 0 Å². The van der Waals surface area contributed by atoms with Gasteiger partial charge in [0.15, 0.2) is 0 Å². The number of hydrogen-bond acceptors (Lipinski definition) is 4. The molecule has 0 amide bonds. The van der Waals surface area contributed by atoms with E-state index >= 15 is 0 Å². The van der Waals surface area contributed by atoms with Gasteiger partial charge in [-0.2, -0.15) is 0 Å². The number of benzene rings is 1. The maximum absolute atomic E-state index is 12.0. The molecule has 0 radical (unpaired) electrons. The fourth-order valence-corrected chi connectivity index (χ4v) is 3.13. The SMILES string of the molecule is CCOC(=O)[C@@H]1CCC[C@H]1Cc1cc(OC)cc(OC)c1. The monoisotopic (exact) mass is 292 g/mol. The second kappa shape index (κ2) is 7.34. The first kappa shape index (κ1) is 15.7. The highest BCUT2D eigenvalue weighted by molar-refractivity contribution is 5.73. The molecule has 0 heterocycles. The van der Waals surface area contributed by atoms with E-state index in [4.69, 9.17) is 14.2 Å². The topological polar surface area (TPSA) is 44.8 Å². The number of carbonyl (C=O) groups excluding carboxylic acids is 1. The van der Waals surface area contributed by atoms with Crippen molar-refractivity contribution in [2.75, 3.05) is 20.8 Å². The number of esters is 1. The predicted molar refractivity (Wildman–Crippen MR) is 80.7 cm³/mol. The number of rotatable bonds is 6. The Balaban J connectivity index is 2.11. The summed E-state index contributed by atoms with van der Waals surface area (Å²) in [5, 5.41) is 0. The molecule has 1 aliphatic rings. The Morgan fingerprint density at radius 2 is 1.81 bits per heavy atom. The van der Waals surface area contributed by atoms with Crippen molar-refractivity contribution in [1.82, 2.24) is 0 Å². The van der Waals surface area contributed by atoms with E-state index in [9.17, 15) is 4.79 Å². The van der Waals surface area contributed by atoms with Gasteiger partial charge in [-0.3, -0.25) is 4.79 Å². The minimum atomic E-state index is -0.0464. The van der Waals surface area contributed by atoms with E-state index in [1.807, 2.05) is 25.1 Å². The number of carbonyl (C=O) groups is 1. The zero-order chi connectivity index (χ0) is 15.2. The van der Waals surface area contributed by atoms with Crippen LogP contribution in [0.5, 0.6) is 11.5 Å². The van der Waals surface area contributed by atoms with Crippen LogP contribution in [0.1, 0.15) is 31.7 Å². The minimum Gasteiger partial charge on any atom is -0.497 e. The molecule has 4 nitrogen and oxygen atoms in total. The molecule has 0 bridgehead atoms. The molecule has 0 saturated heterocycles. The van der Waals surface area contributed by atoms with Crippen molar-refractivity contribution in [2.45, 2.75) is 32.6 Å². The molecule has 2 rings (SSSR count). The van der Waals surface area contributed by atoms with Crippen molar-refractivity contribution in [1.29, 1.82) is 0 Å². The van der Waals surface area contributed by atoms with Gasteiger partial charge in [0.2, 0.25) is 0 Å². The third kappa shape index (κ3) is 3.90. The molecule has 2 atom stereocenters. The highest BCUT2D eigenvalue weighted by atomic mass is 16.5. The van der Waals surface area contributed by atoms with Crippen LogP contribution in [0, 0.1) is 11.8 Å². The van der Waals surface area contributed by atoms with Crippen LogP contribution in [-0.2, 0) is 16.0 Å². The van der Waals surface area contributed by atoms with Crippen LogP contribution in [0.2, 0.25) is 0 Å². The van der Waals surface area contributed by atoms with E-state index < -0.39 is 0 Å². The molecule has 116 valence electrons. The lowest BCUT2D eigenvalue weighted by molar-refractivity contribution is -0.149. The van der Waals surface area contributed by atoms with E-state index in [1.54, 1.807) is 14.2 Å². The summed E-state index contributed by atoms with van der Waals surface area (Å²) in [6.45, 7) is 2.31. The predicted octanol–water partition coefficient (Wildman–Crippen LogP) is 3.23. The van der Waals surface area contributed by atoms with Gasteiger partial charge in [-0.1, -0.05) is 6.42 Å². The van der Waals surface area contributed by atoms with Crippen molar-refractivity contribution in [3.8, 4) is 11.5 Å². The summed E-state index contributed by atoms with van der Waals surface area (Å²) >= 11 is 0. The van der Waals surface area contributed by atoms with E-state index in [0.29, 0.717) is 12.5 Å². The Morgan fingerprint density at radius 1 is 1.14 bits per heavy atom. The van der Waals surface area contributed by atoms with Crippen LogP contribution in [0.3, 0.4) is 0 Å². The molecule has 0 spiro atoms. The first-order valence-electron chi connectivity index (χ1n) is 7.56. The molecular formula is C17H24O4. The molecule has 1 aromatic carbocycles. The van der Waals surface area contributed by atoms with Crippen LogP contribution in [0.25, 0.3) is 0 Å². The van der Waals surface area contributed by atoms with Crippen LogP contribution in [-0.4, -0.2) is 26.8 Å². The highest BCUT2D eigenvalue weighted by Crippen LogP contribution is 2.36. The average molecular weight is 292 g/mol. The fourth-order valence-electron chi connectivity index (χ4n) is 3.13. The van der Waals surface area contributed by atoms with Crippen molar-refractivity contribution < 1.29 is 19.0 Å². The zero-order valence-corrected chi connectivity index (χ0v) is 13.1. The van der Waals surface area contributed by atoms with Crippen LogP contribution in [0.15, 0.2) is 18.2 Å². The Bertz CT molecular complexity index is 461. The van der Waals surface area contributed by atoms with Gasteiger partial charge in [-0.05, 0) is 49.8 Å². The Morgan fingerprint density at radius 3 is 2.38 bits per heavy atom. The lowest BCUT2D eigenvalue weighted by Gasteiger charge is -2.18. The molecule has 21 heavy (non-hydrogen) atoms. The van der Waals surface area contributed by atoms with E-state index in [1.165, 1.54) is 0 Å². The number of ether oxygens (including phenoxy) is 3. The highest BCUT2D eigenvalue weighted by Gasteiger charge is 2.34. The summed E-state index contributed by atoms with van der Waals surface area (Å²) in [5.74, 6) is 1.91. The molecule has 1 aromatic rings. The quantitative estimate of drug-likeness (QED) is 0.755. The van der Waals surface area contributed by atoms with Gasteiger partial charge >= 0.3 is 5.97 Å². The standard InChI is InChI=1S/C17H24O4/c1-4-21-17(18)16-7-5-6-13(16)8-12-9-14(19-2)11-15(10-12)20-3/h9-11,13,16H,4-8H2,1-3H3/t13-,16+/m0/s1. The average Bonchev–Trinajstić information content (AvgIpc) is 2.95. The first-order valence-corrected chi connectivity index (χ1v) is 7.56. The van der Waals surface area contributed by atoms with E-state index in [0.717, 1.165) is 42.7 Å². The molecule has 1 fully saturated rings. The Labute approximate surface area is 126 Å². The van der Waals surface area contributed by atoms with Gasteiger partial charge < -0.3 is 14.2 Å². The summed E-state index contributed by atoms with van der Waals surface area (Å²) in [5.41, 5.74) is 1.15. The maximum atomic E-state index is 12.0. The van der Waals surface area contributed by atoms with E-state index in [-0.39, 0.29) is 11.9 Å². The smallest absolute Gasteiger partial charge is 0.309 e. The molecular weight excluding hydrogens is 268 g/mol. The minimum absolute atomic E-state index is 0.0298. The third-order valence-electron chi connectivity index (χ3n) is 4.16. The molecule has 0 aromatic heterocycles.